The smallest absolute Gasteiger partial charge is 0.457 e. The molecule has 226 valence electrons. The van der Waals surface area contributed by atoms with Crippen molar-refractivity contribution in [2.75, 3.05) is 26.4 Å². The molecule has 3 N–H and O–H groups in total. The molecule has 0 aromatic rings. The number of aliphatic hydroxyl groups is 2. The highest BCUT2D eigenvalue weighted by Gasteiger charge is 2.27. The second-order valence-electron chi connectivity index (χ2n) is 9.75. The van der Waals surface area contributed by atoms with E-state index in [1.165, 1.54) is 44.9 Å². The van der Waals surface area contributed by atoms with Gasteiger partial charge >= 0.3 is 19.8 Å². The van der Waals surface area contributed by atoms with E-state index >= 15 is 0 Å². The summed E-state index contributed by atoms with van der Waals surface area (Å²) in [5, 5.41) is 18.8. The molecule has 0 aromatic heterocycles. The minimum absolute atomic E-state index is 0.195. The third-order valence-corrected chi connectivity index (χ3v) is 7.02. The molecule has 0 bridgehead atoms. The topological polar surface area (TPSA) is 149 Å². The second kappa shape index (κ2) is 25.0. The van der Waals surface area contributed by atoms with Crippen LogP contribution in [0.1, 0.15) is 123 Å². The van der Waals surface area contributed by atoms with Crippen LogP contribution < -0.4 is 0 Å². The summed E-state index contributed by atoms with van der Waals surface area (Å²) >= 11 is 0. The van der Waals surface area contributed by atoms with E-state index in [0.717, 1.165) is 38.5 Å². The van der Waals surface area contributed by atoms with Crippen molar-refractivity contribution in [1.82, 2.24) is 0 Å². The molecule has 0 spiro atoms. The molecule has 10 nitrogen and oxygen atoms in total. The molecule has 0 radical (unpaired) electrons. The first-order chi connectivity index (χ1) is 18.3. The molecule has 0 heterocycles. The quantitative estimate of drug-likeness (QED) is 0.0649. The minimum atomic E-state index is -4.60. The lowest BCUT2D eigenvalue weighted by Gasteiger charge is -2.20. The summed E-state index contributed by atoms with van der Waals surface area (Å²) < 4.78 is 32.0. The van der Waals surface area contributed by atoms with Crippen LogP contribution >= 0.6 is 7.82 Å². The monoisotopic (exact) mass is 568 g/mol. The van der Waals surface area contributed by atoms with Gasteiger partial charge in [0.2, 0.25) is 0 Å². The molecule has 0 aliphatic heterocycles. The number of phosphoric acid groups is 1. The van der Waals surface area contributed by atoms with Crippen LogP contribution in [0.15, 0.2) is 0 Å². The first-order valence-corrected chi connectivity index (χ1v) is 16.0. The van der Waals surface area contributed by atoms with Gasteiger partial charge in [0.05, 0.1) is 26.4 Å². The summed E-state index contributed by atoms with van der Waals surface area (Å²) in [6.07, 6.45) is 14.2. The Kier molecular flexibility index (Phi) is 24.3. The molecule has 0 fully saturated rings. The number of ether oxygens (including phenoxy) is 2. The number of hydrogen-bond donors (Lipinski definition) is 3. The molecular formula is C27H53O10P. The van der Waals surface area contributed by atoms with E-state index in [0.29, 0.717) is 12.8 Å². The molecule has 0 amide bonds. The number of phosphoric ester groups is 1. The van der Waals surface area contributed by atoms with Crippen LogP contribution in [0.4, 0.5) is 0 Å². The largest absolute Gasteiger partial charge is 0.472 e. The number of rotatable bonds is 27. The minimum Gasteiger partial charge on any atom is -0.457 e. The van der Waals surface area contributed by atoms with Crippen LogP contribution in [0.2, 0.25) is 0 Å². The SMILES string of the molecule is CCCCCCCCCCC(=O)OC(CO)COP(=O)(O)OCC(CO)OC(=O)CCCCCCCCC. The predicted octanol–water partition coefficient (Wildman–Crippen LogP) is 5.60. The zero-order valence-electron chi connectivity index (χ0n) is 23.7. The van der Waals surface area contributed by atoms with E-state index in [4.69, 9.17) is 18.5 Å². The van der Waals surface area contributed by atoms with Gasteiger partial charge in [-0.3, -0.25) is 18.6 Å². The lowest BCUT2D eigenvalue weighted by Crippen LogP contribution is -2.28. The van der Waals surface area contributed by atoms with Gasteiger partial charge in [-0.2, -0.15) is 0 Å². The first kappa shape index (κ1) is 37.0. The normalized spacial score (nSPS) is 14.6. The van der Waals surface area contributed by atoms with Crippen LogP contribution in [-0.2, 0) is 32.7 Å². The van der Waals surface area contributed by atoms with Crippen molar-refractivity contribution in [3.05, 3.63) is 0 Å². The van der Waals surface area contributed by atoms with Gasteiger partial charge in [-0.05, 0) is 12.8 Å². The molecule has 3 atom stereocenters. The summed E-state index contributed by atoms with van der Waals surface area (Å²) in [5.74, 6) is -1.03. The van der Waals surface area contributed by atoms with E-state index in [1.54, 1.807) is 0 Å². The van der Waals surface area contributed by atoms with E-state index in [1.807, 2.05) is 0 Å². The Bertz CT molecular complexity index is 631. The van der Waals surface area contributed by atoms with Crippen molar-refractivity contribution in [3.8, 4) is 0 Å². The van der Waals surface area contributed by atoms with Crippen molar-refractivity contribution in [2.24, 2.45) is 0 Å². The Hall–Kier alpha value is -1.03. The Morgan fingerprint density at radius 1 is 0.605 bits per heavy atom. The molecule has 3 unspecified atom stereocenters. The highest BCUT2D eigenvalue weighted by molar-refractivity contribution is 7.47. The molecule has 0 saturated heterocycles. The highest BCUT2D eigenvalue weighted by atomic mass is 31.2. The number of hydrogen-bond acceptors (Lipinski definition) is 9. The van der Waals surface area contributed by atoms with E-state index in [-0.39, 0.29) is 12.8 Å². The van der Waals surface area contributed by atoms with Crippen LogP contribution in [-0.4, -0.2) is 65.7 Å². The average Bonchev–Trinajstić information content (AvgIpc) is 2.89. The zero-order valence-corrected chi connectivity index (χ0v) is 24.5. The van der Waals surface area contributed by atoms with Crippen molar-refractivity contribution in [3.63, 3.8) is 0 Å². The zero-order chi connectivity index (χ0) is 28.5. The van der Waals surface area contributed by atoms with Crippen molar-refractivity contribution < 1.29 is 47.8 Å². The predicted molar refractivity (Wildman–Crippen MR) is 145 cm³/mol. The number of esters is 2. The molecule has 38 heavy (non-hydrogen) atoms. The van der Waals surface area contributed by atoms with Gasteiger partial charge in [-0.15, -0.1) is 0 Å². The Labute approximate surface area is 229 Å². The maximum absolute atomic E-state index is 12.2. The maximum Gasteiger partial charge on any atom is 0.472 e. The molecule has 0 rings (SSSR count). The van der Waals surface area contributed by atoms with Gasteiger partial charge in [0.15, 0.2) is 0 Å². The summed E-state index contributed by atoms with van der Waals surface area (Å²) in [6.45, 7) is 2.07. The van der Waals surface area contributed by atoms with Crippen molar-refractivity contribution in [1.29, 1.82) is 0 Å². The molecule has 0 aromatic carbocycles. The molecule has 0 saturated carbocycles. The summed E-state index contributed by atoms with van der Waals surface area (Å²) in [6, 6.07) is 0. The van der Waals surface area contributed by atoms with Crippen LogP contribution in [0, 0.1) is 0 Å². The first-order valence-electron chi connectivity index (χ1n) is 14.5. The van der Waals surface area contributed by atoms with E-state index in [9.17, 15) is 29.3 Å². The van der Waals surface area contributed by atoms with Gasteiger partial charge in [0.25, 0.3) is 0 Å². The van der Waals surface area contributed by atoms with Crippen LogP contribution in [0.25, 0.3) is 0 Å². The number of aliphatic hydroxyl groups excluding tert-OH is 2. The van der Waals surface area contributed by atoms with Gasteiger partial charge in [0.1, 0.15) is 12.2 Å². The third kappa shape index (κ3) is 22.9. The third-order valence-electron chi connectivity index (χ3n) is 6.07. The van der Waals surface area contributed by atoms with Gasteiger partial charge in [0, 0.05) is 12.8 Å². The average molecular weight is 569 g/mol. The fourth-order valence-electron chi connectivity index (χ4n) is 3.76. The Morgan fingerprint density at radius 2 is 0.921 bits per heavy atom. The van der Waals surface area contributed by atoms with E-state index in [2.05, 4.69) is 13.8 Å². The summed E-state index contributed by atoms with van der Waals surface area (Å²) in [5.41, 5.74) is 0. The highest BCUT2D eigenvalue weighted by Crippen LogP contribution is 2.43. The van der Waals surface area contributed by atoms with Crippen molar-refractivity contribution >= 4 is 19.8 Å². The number of carbonyl (C=O) groups is 2. The van der Waals surface area contributed by atoms with Gasteiger partial charge in [-0.1, -0.05) is 97.3 Å². The fourth-order valence-corrected chi connectivity index (χ4v) is 4.54. The van der Waals surface area contributed by atoms with Crippen LogP contribution in [0.5, 0.6) is 0 Å². The van der Waals surface area contributed by atoms with Gasteiger partial charge < -0.3 is 24.6 Å². The van der Waals surface area contributed by atoms with E-state index < -0.39 is 58.4 Å². The Balaban J connectivity index is 4.13. The number of carbonyl (C=O) groups excluding carboxylic acids is 2. The molecule has 11 heteroatoms. The number of unbranched alkanes of at least 4 members (excludes halogenated alkanes) is 13. The molecular weight excluding hydrogens is 515 g/mol. The lowest BCUT2D eigenvalue weighted by molar-refractivity contribution is -0.153. The molecule has 0 aliphatic rings. The fraction of sp³-hybridized carbons (Fsp3) is 0.926. The molecule has 0 aliphatic carbocycles. The van der Waals surface area contributed by atoms with Crippen molar-refractivity contribution in [2.45, 2.75) is 135 Å². The Morgan fingerprint density at radius 3 is 1.24 bits per heavy atom. The van der Waals surface area contributed by atoms with Crippen LogP contribution in [0.3, 0.4) is 0 Å². The lowest BCUT2D eigenvalue weighted by atomic mass is 10.1. The maximum atomic E-state index is 12.2. The van der Waals surface area contributed by atoms with Gasteiger partial charge in [-0.25, -0.2) is 4.57 Å². The standard InChI is InChI=1S/C27H53O10P/c1-3-5-7-9-11-13-15-17-19-27(31)37-25(21-29)23-35-38(32,33)34-22-24(20-28)36-26(30)18-16-14-12-10-8-6-4-2/h24-25,28-29H,3-23H2,1-2H3,(H,32,33). The summed E-state index contributed by atoms with van der Waals surface area (Å²) in [7, 11) is -4.60. The second-order valence-corrected chi connectivity index (χ2v) is 11.2. The summed E-state index contributed by atoms with van der Waals surface area (Å²) in [4.78, 5) is 33.8.